The quantitative estimate of drug-likeness (QED) is 0.304. The van der Waals surface area contributed by atoms with Gasteiger partial charge in [0, 0.05) is 9.99 Å². The van der Waals surface area contributed by atoms with E-state index in [4.69, 9.17) is 9.47 Å². The number of Topliss-reactive ketones (excluding diaryl/α,β-unsaturated/α-hetero) is 1. The maximum Gasteiger partial charge on any atom is 0.344 e. The molecule has 0 bridgehead atoms. The highest BCUT2D eigenvalue weighted by Crippen LogP contribution is 2.14. The van der Waals surface area contributed by atoms with Gasteiger partial charge >= 0.3 is 5.97 Å². The van der Waals surface area contributed by atoms with Crippen LogP contribution in [0.4, 0.5) is 0 Å². The average molecular weight is 410 g/mol. The van der Waals surface area contributed by atoms with E-state index in [9.17, 15) is 9.59 Å². The summed E-state index contributed by atoms with van der Waals surface area (Å²) in [5, 5.41) is 0. The number of esters is 1. The van der Waals surface area contributed by atoms with Gasteiger partial charge in [-0.25, -0.2) is 4.79 Å². The molecule has 0 heterocycles. The van der Waals surface area contributed by atoms with Crippen LogP contribution >= 0.6 is 22.6 Å². The Morgan fingerprint density at radius 2 is 1.59 bits per heavy atom. The van der Waals surface area contributed by atoms with Gasteiger partial charge in [0.15, 0.2) is 19.0 Å². The number of benzene rings is 2. The number of alkyl halides is 1. The Balaban J connectivity index is 1.74. The third kappa shape index (κ3) is 5.14. The first-order chi connectivity index (χ1) is 10.7. The largest absolute Gasteiger partial charge is 0.482 e. The Morgan fingerprint density at radius 1 is 0.909 bits per heavy atom. The molecule has 0 unspecified atom stereocenters. The second-order valence-corrected chi connectivity index (χ2v) is 5.28. The molecular weight excluding hydrogens is 395 g/mol. The molecule has 2 aromatic rings. The van der Waals surface area contributed by atoms with E-state index >= 15 is 0 Å². The van der Waals surface area contributed by atoms with Crippen molar-refractivity contribution < 1.29 is 19.1 Å². The number of ketones is 1. The lowest BCUT2D eigenvalue weighted by Gasteiger charge is -2.07. The van der Waals surface area contributed by atoms with Gasteiger partial charge in [0.2, 0.25) is 0 Å². The van der Waals surface area contributed by atoms with Crippen molar-refractivity contribution in [3.05, 3.63) is 65.7 Å². The zero-order chi connectivity index (χ0) is 15.8. The van der Waals surface area contributed by atoms with Crippen LogP contribution in [0.25, 0.3) is 0 Å². The number of ether oxygens (including phenoxy) is 2. The minimum atomic E-state index is -0.567. The van der Waals surface area contributed by atoms with E-state index in [-0.39, 0.29) is 19.0 Å². The fourth-order valence-electron chi connectivity index (χ4n) is 1.71. The molecule has 0 N–H and O–H groups in total. The van der Waals surface area contributed by atoms with Crippen molar-refractivity contribution in [2.75, 3.05) is 13.2 Å². The van der Waals surface area contributed by atoms with Gasteiger partial charge in [0.1, 0.15) is 5.75 Å². The molecule has 0 fully saturated rings. The van der Waals surface area contributed by atoms with Gasteiger partial charge in [-0.1, -0.05) is 65.1 Å². The maximum absolute atomic E-state index is 11.8. The summed E-state index contributed by atoms with van der Waals surface area (Å²) in [6.07, 6.45) is 0. The van der Waals surface area contributed by atoms with Crippen LogP contribution < -0.4 is 4.74 Å². The average Bonchev–Trinajstić information content (AvgIpc) is 2.59. The van der Waals surface area contributed by atoms with Crippen molar-refractivity contribution in [1.29, 1.82) is 0 Å². The summed E-state index contributed by atoms with van der Waals surface area (Å²) in [5.74, 6) is -0.206. The molecule has 22 heavy (non-hydrogen) atoms. The molecule has 0 atom stereocenters. The zero-order valence-corrected chi connectivity index (χ0v) is 14.0. The van der Waals surface area contributed by atoms with Gasteiger partial charge in [-0.05, 0) is 17.7 Å². The van der Waals surface area contributed by atoms with E-state index in [1.165, 1.54) is 5.56 Å². The van der Waals surface area contributed by atoms with E-state index in [0.29, 0.717) is 11.3 Å². The Morgan fingerprint density at radius 3 is 2.23 bits per heavy atom. The van der Waals surface area contributed by atoms with Gasteiger partial charge in [-0.15, -0.1) is 0 Å². The lowest BCUT2D eigenvalue weighted by molar-refractivity contribution is -0.144. The topological polar surface area (TPSA) is 52.6 Å². The third-order valence-electron chi connectivity index (χ3n) is 2.89. The molecule has 5 heteroatoms. The minimum Gasteiger partial charge on any atom is -0.482 e. The fourth-order valence-corrected chi connectivity index (χ4v) is 2.22. The predicted molar refractivity (Wildman–Crippen MR) is 91.4 cm³/mol. The van der Waals surface area contributed by atoms with Crippen LogP contribution in [0.3, 0.4) is 0 Å². The number of rotatable bonds is 7. The Hall–Kier alpha value is -1.89. The first kappa shape index (κ1) is 16.5. The minimum absolute atomic E-state index is 0.217. The van der Waals surface area contributed by atoms with Crippen molar-refractivity contribution in [2.24, 2.45) is 0 Å². The first-order valence-electron chi connectivity index (χ1n) is 6.70. The van der Waals surface area contributed by atoms with Gasteiger partial charge in [-0.2, -0.15) is 0 Å². The second kappa shape index (κ2) is 8.53. The summed E-state index contributed by atoms with van der Waals surface area (Å²) in [7, 11) is 0. The van der Waals surface area contributed by atoms with Crippen LogP contribution in [0, 0.1) is 0 Å². The summed E-state index contributed by atoms with van der Waals surface area (Å²) >= 11 is 2.27. The maximum atomic E-state index is 11.8. The summed E-state index contributed by atoms with van der Waals surface area (Å²) in [6.45, 7) is -0.494. The predicted octanol–water partition coefficient (Wildman–Crippen LogP) is 3.43. The number of hydrogen-bond donors (Lipinski definition) is 0. The van der Waals surface area contributed by atoms with Crippen molar-refractivity contribution in [2.45, 2.75) is 4.43 Å². The molecule has 0 aliphatic rings. The number of hydrogen-bond acceptors (Lipinski definition) is 4. The van der Waals surface area contributed by atoms with Gasteiger partial charge in [-0.3, -0.25) is 4.79 Å². The summed E-state index contributed by atoms with van der Waals surface area (Å²) in [5.41, 5.74) is 1.70. The van der Waals surface area contributed by atoms with E-state index in [1.807, 2.05) is 18.2 Å². The molecule has 0 saturated heterocycles. The zero-order valence-electron chi connectivity index (χ0n) is 11.8. The number of carbonyl (C=O) groups is 2. The van der Waals surface area contributed by atoms with Crippen LogP contribution in [0.1, 0.15) is 15.9 Å². The molecule has 2 rings (SSSR count). The number of halogens is 1. The van der Waals surface area contributed by atoms with Crippen molar-refractivity contribution in [1.82, 2.24) is 0 Å². The molecule has 2 aromatic carbocycles. The van der Waals surface area contributed by atoms with Crippen LogP contribution in [0.5, 0.6) is 5.75 Å². The second-order valence-electron chi connectivity index (χ2n) is 4.52. The highest BCUT2D eigenvalue weighted by molar-refractivity contribution is 14.1. The molecule has 0 saturated carbocycles. The van der Waals surface area contributed by atoms with Gasteiger partial charge in [0.25, 0.3) is 0 Å². The molecule has 0 aliphatic carbocycles. The van der Waals surface area contributed by atoms with Crippen molar-refractivity contribution >= 4 is 34.3 Å². The standard InChI is InChI=1S/C17H15IO4/c18-10-13-6-8-15(9-7-13)21-12-17(20)22-11-16(19)14-4-2-1-3-5-14/h1-9H,10-12H2. The third-order valence-corrected chi connectivity index (χ3v) is 3.78. The van der Waals surface area contributed by atoms with E-state index in [1.54, 1.807) is 36.4 Å². The summed E-state index contributed by atoms with van der Waals surface area (Å²) < 4.78 is 11.1. The van der Waals surface area contributed by atoms with Crippen LogP contribution in [0.15, 0.2) is 54.6 Å². The molecular formula is C17H15IO4. The van der Waals surface area contributed by atoms with E-state index in [2.05, 4.69) is 22.6 Å². The molecule has 0 aliphatic heterocycles. The number of carbonyl (C=O) groups excluding carboxylic acids is 2. The van der Waals surface area contributed by atoms with E-state index in [0.717, 1.165) is 4.43 Å². The Kier molecular flexibility index (Phi) is 6.39. The Labute approximate surface area is 142 Å². The lowest BCUT2D eigenvalue weighted by Crippen LogP contribution is -2.19. The summed E-state index contributed by atoms with van der Waals surface area (Å²) in [6, 6.07) is 16.2. The fraction of sp³-hybridized carbons (Fsp3) is 0.176. The van der Waals surface area contributed by atoms with Gasteiger partial charge < -0.3 is 9.47 Å². The highest BCUT2D eigenvalue weighted by Gasteiger charge is 2.10. The lowest BCUT2D eigenvalue weighted by atomic mass is 10.1. The molecule has 114 valence electrons. The molecule has 0 amide bonds. The molecule has 0 spiro atoms. The van der Waals surface area contributed by atoms with Crippen LogP contribution in [-0.2, 0) is 14.0 Å². The van der Waals surface area contributed by atoms with Gasteiger partial charge in [0.05, 0.1) is 0 Å². The molecule has 0 radical (unpaired) electrons. The monoisotopic (exact) mass is 410 g/mol. The SMILES string of the molecule is O=C(COc1ccc(CI)cc1)OCC(=O)c1ccccc1. The highest BCUT2D eigenvalue weighted by atomic mass is 127. The van der Waals surface area contributed by atoms with Crippen molar-refractivity contribution in [3.8, 4) is 5.75 Å². The van der Waals surface area contributed by atoms with Crippen LogP contribution in [-0.4, -0.2) is 25.0 Å². The normalized spacial score (nSPS) is 10.0. The first-order valence-corrected chi connectivity index (χ1v) is 8.23. The van der Waals surface area contributed by atoms with Crippen LogP contribution in [0.2, 0.25) is 0 Å². The summed E-state index contributed by atoms with van der Waals surface area (Å²) in [4.78, 5) is 23.3. The smallest absolute Gasteiger partial charge is 0.344 e. The molecule has 4 nitrogen and oxygen atoms in total. The van der Waals surface area contributed by atoms with E-state index < -0.39 is 5.97 Å². The Bertz CT molecular complexity index is 623. The van der Waals surface area contributed by atoms with Crippen molar-refractivity contribution in [3.63, 3.8) is 0 Å². The molecule has 0 aromatic heterocycles.